The second kappa shape index (κ2) is 30.5. The van der Waals surface area contributed by atoms with E-state index in [-0.39, 0.29) is 53.1 Å². The van der Waals surface area contributed by atoms with Gasteiger partial charge in [-0.25, -0.2) is 4.98 Å². The van der Waals surface area contributed by atoms with Crippen molar-refractivity contribution in [2.24, 2.45) is 11.8 Å². The van der Waals surface area contributed by atoms with Crippen molar-refractivity contribution < 1.29 is 51.2 Å². The number of benzene rings is 1. The van der Waals surface area contributed by atoms with E-state index in [9.17, 15) is 4.79 Å². The van der Waals surface area contributed by atoms with Crippen molar-refractivity contribution in [3.05, 3.63) is 65.4 Å². The van der Waals surface area contributed by atoms with Crippen LogP contribution in [0.2, 0.25) is 61.9 Å². The third-order valence-corrected chi connectivity index (χ3v) is 25.2. The first-order valence-corrected chi connectivity index (χ1v) is 36.3. The highest BCUT2D eigenvalue weighted by atomic mass is 35.5. The van der Waals surface area contributed by atoms with Crippen molar-refractivity contribution in [2.75, 3.05) is 40.6 Å². The minimum absolute atomic E-state index is 0.0713. The maximum atomic E-state index is 13.1. The Kier molecular flexibility index (Phi) is 28.0. The van der Waals surface area contributed by atoms with Crippen LogP contribution < -0.4 is 4.74 Å². The lowest BCUT2D eigenvalue weighted by Crippen LogP contribution is -2.42. The number of alkyl halides is 1. The molecule has 72 heavy (non-hydrogen) atoms. The molecule has 0 N–H and O–H groups in total. The number of hydrogen-bond donors (Lipinski definition) is 0. The van der Waals surface area contributed by atoms with Crippen molar-refractivity contribution in [3.63, 3.8) is 0 Å². The van der Waals surface area contributed by atoms with Crippen molar-refractivity contribution >= 4 is 48.4 Å². The second-order valence-electron chi connectivity index (χ2n) is 24.4. The Morgan fingerprint density at radius 2 is 1.50 bits per heavy atom. The Morgan fingerprint density at radius 3 is 2.06 bits per heavy atom. The molecule has 0 fully saturated rings. The van der Waals surface area contributed by atoms with E-state index >= 15 is 0 Å². The van der Waals surface area contributed by atoms with Crippen molar-refractivity contribution in [3.8, 4) is 5.75 Å². The van der Waals surface area contributed by atoms with Crippen LogP contribution in [0.3, 0.4) is 0 Å². The second-order valence-corrected chi connectivity index (χ2v) is 39.7. The van der Waals surface area contributed by atoms with E-state index in [4.69, 9.17) is 63.0 Å². The summed E-state index contributed by atoms with van der Waals surface area (Å²) >= 11 is 6.11. The van der Waals surface area contributed by atoms with E-state index in [1.54, 1.807) is 27.6 Å². The average Bonchev–Trinajstić information content (AvgIpc) is 3.74. The molecule has 414 valence electrons. The number of carbonyl (C=O) groups excluding carboxylic acids is 1. The van der Waals surface area contributed by atoms with Gasteiger partial charge in [0.1, 0.15) is 30.4 Å². The van der Waals surface area contributed by atoms with Crippen molar-refractivity contribution in [1.29, 1.82) is 0 Å². The number of methoxy groups -OCH3 is 3. The molecule has 0 aliphatic heterocycles. The summed E-state index contributed by atoms with van der Waals surface area (Å²) in [7, 11) is -0.788. The molecule has 2 rings (SSSR count). The minimum Gasteiger partial charge on any atom is -0.497 e. The number of carbonyl (C=O) groups is 1. The van der Waals surface area contributed by atoms with E-state index in [1.165, 1.54) is 0 Å². The van der Waals surface area contributed by atoms with Gasteiger partial charge in [-0.3, -0.25) is 4.79 Å². The van der Waals surface area contributed by atoms with Crippen molar-refractivity contribution in [1.82, 2.24) is 4.98 Å². The molecule has 0 saturated heterocycles. The SMILES string of the molecule is C=C(C[C@H](C[C@H](OCOC)[C@@H](C)C[C@H](C)CO[Si](C)(C)C(C)(C)C)OC(CCC[C@@H](C[C@H](O[Si](C)(C)C(C)(C)C)c1coc(/C=C(\C)[C@@H](C)OC)n1)OCc1ccc(OC)cc1)OC(=O)CCl)C[Si](C)(C)C. The number of aromatic nitrogens is 1. The fourth-order valence-corrected chi connectivity index (χ4v) is 12.0. The Bertz CT molecular complexity index is 1900. The van der Waals surface area contributed by atoms with Gasteiger partial charge in [-0.05, 0) is 117 Å². The average molecular weight is 1080 g/mol. The zero-order valence-electron chi connectivity index (χ0n) is 48.6. The molecule has 16 heteroatoms. The summed E-state index contributed by atoms with van der Waals surface area (Å²) in [6.45, 7) is 43.9. The Morgan fingerprint density at radius 1 is 0.861 bits per heavy atom. The third-order valence-electron chi connectivity index (χ3n) is 14.4. The summed E-state index contributed by atoms with van der Waals surface area (Å²) in [6, 6.07) is 8.85. The quantitative estimate of drug-likeness (QED) is 0.0214. The predicted molar refractivity (Wildman–Crippen MR) is 303 cm³/mol. The number of nitrogens with zero attached hydrogens (tertiary/aromatic N) is 1. The van der Waals surface area contributed by atoms with Crippen molar-refractivity contribution in [2.45, 2.75) is 220 Å². The van der Waals surface area contributed by atoms with Crippen LogP contribution in [0, 0.1) is 11.8 Å². The molecule has 1 unspecified atom stereocenters. The van der Waals surface area contributed by atoms with Gasteiger partial charge in [0.25, 0.3) is 0 Å². The first kappa shape index (κ1) is 66.0. The van der Waals surface area contributed by atoms with Crippen LogP contribution in [0.4, 0.5) is 0 Å². The molecule has 1 aromatic heterocycles. The molecule has 0 aliphatic carbocycles. The van der Waals surface area contributed by atoms with Gasteiger partial charge in [0.2, 0.25) is 12.2 Å². The van der Waals surface area contributed by atoms with Crippen LogP contribution in [-0.4, -0.2) is 107 Å². The Labute approximate surface area is 445 Å². The van der Waals surface area contributed by atoms with Gasteiger partial charge in [0.05, 0.1) is 44.2 Å². The van der Waals surface area contributed by atoms with E-state index in [1.807, 2.05) is 44.2 Å². The summed E-state index contributed by atoms with van der Waals surface area (Å²) in [6.07, 6.45) is 5.55. The lowest BCUT2D eigenvalue weighted by Gasteiger charge is -2.39. The van der Waals surface area contributed by atoms with Crippen LogP contribution in [0.25, 0.3) is 6.08 Å². The molecule has 0 spiro atoms. The highest BCUT2D eigenvalue weighted by Crippen LogP contribution is 2.42. The predicted octanol–water partition coefficient (Wildman–Crippen LogP) is 15.2. The first-order valence-electron chi connectivity index (χ1n) is 26.2. The fourth-order valence-electron chi connectivity index (χ4n) is 7.91. The Balaban J connectivity index is 2.55. The summed E-state index contributed by atoms with van der Waals surface area (Å²) in [4.78, 5) is 18.0. The molecule has 1 heterocycles. The standard InChI is InChI=1S/C56H100ClNO11Si3/c1-40(35-66-71(18,19)55(6,7)8)29-43(4)50(65-39-60-12)33-48(30-41(2)38-70(15,16)17)67-54(68-53(59)34-57)24-22-23-47(63-36-45-25-27-46(62-14)28-26-45)32-51(69-72(20,21)56(9,10)11)49-37-64-52(58-49)31-42(3)44(5)61-13/h25-28,31,37,40,43-44,47-48,50-51,54H,2,22-24,29-30,32-36,38-39H2,1,3-21H3/b42-31+/t40-,43-,44+,47-,48+,50-,51-,54?/m0/s1. The van der Waals surface area contributed by atoms with Gasteiger partial charge < -0.3 is 46.4 Å². The maximum absolute atomic E-state index is 13.1. The molecule has 1 aromatic carbocycles. The lowest BCUT2D eigenvalue weighted by atomic mass is 9.89. The van der Waals surface area contributed by atoms with Gasteiger partial charge >= 0.3 is 5.97 Å². The van der Waals surface area contributed by atoms with E-state index < -0.39 is 43.1 Å². The molecule has 8 atom stereocenters. The largest absolute Gasteiger partial charge is 0.497 e. The summed E-state index contributed by atoms with van der Waals surface area (Å²) in [5, 5.41) is 0.0580. The summed E-state index contributed by atoms with van der Waals surface area (Å²) in [5.41, 5.74) is 3.82. The van der Waals surface area contributed by atoms with Crippen LogP contribution in [-0.2, 0) is 48.7 Å². The normalized spacial score (nSPS) is 16.7. The molecule has 0 bridgehead atoms. The van der Waals surface area contributed by atoms with Gasteiger partial charge in [0, 0.05) is 54.2 Å². The van der Waals surface area contributed by atoms with E-state index in [0.29, 0.717) is 69.2 Å². The number of hydrogen-bond acceptors (Lipinski definition) is 12. The van der Waals surface area contributed by atoms with Crippen LogP contribution in [0.1, 0.15) is 137 Å². The van der Waals surface area contributed by atoms with Gasteiger partial charge in [-0.2, -0.15) is 0 Å². The topological polar surface area (TPSA) is 126 Å². The number of esters is 1. The van der Waals surface area contributed by atoms with Gasteiger partial charge in [-0.15, -0.1) is 18.2 Å². The molecule has 0 saturated carbocycles. The monoisotopic (exact) mass is 1080 g/mol. The zero-order valence-corrected chi connectivity index (χ0v) is 52.3. The highest BCUT2D eigenvalue weighted by Gasteiger charge is 2.41. The molecule has 2 aromatic rings. The third kappa shape index (κ3) is 24.2. The smallest absolute Gasteiger partial charge is 0.323 e. The number of ether oxygens (including phenoxy) is 7. The molecule has 12 nitrogen and oxygen atoms in total. The van der Waals surface area contributed by atoms with Gasteiger partial charge in [0.15, 0.2) is 16.6 Å². The van der Waals surface area contributed by atoms with Crippen LogP contribution in [0.15, 0.2) is 52.7 Å². The maximum Gasteiger partial charge on any atom is 0.323 e. The van der Waals surface area contributed by atoms with E-state index in [2.05, 4.69) is 108 Å². The summed E-state index contributed by atoms with van der Waals surface area (Å²) in [5.74, 6) is 0.888. The Hall–Kier alpha value is -2.16. The molecule has 0 amide bonds. The van der Waals surface area contributed by atoms with Crippen LogP contribution >= 0.6 is 11.6 Å². The lowest BCUT2D eigenvalue weighted by molar-refractivity contribution is -0.196. The zero-order chi connectivity index (χ0) is 54.7. The van der Waals surface area contributed by atoms with Crippen LogP contribution in [0.5, 0.6) is 5.75 Å². The number of rotatable bonds is 35. The molecular formula is C56H100ClNO11Si3. The number of oxazole rings is 1. The molecular weight excluding hydrogens is 982 g/mol. The minimum atomic E-state index is -2.34. The van der Waals surface area contributed by atoms with E-state index in [0.717, 1.165) is 34.9 Å². The first-order chi connectivity index (χ1) is 33.3. The summed E-state index contributed by atoms with van der Waals surface area (Å²) < 4.78 is 62.6. The van der Waals surface area contributed by atoms with Gasteiger partial charge in [-0.1, -0.05) is 92.7 Å². The fraction of sp³-hybridized carbons (Fsp3) is 0.750. The highest BCUT2D eigenvalue weighted by molar-refractivity contribution is 6.76. The molecule has 0 radical (unpaired) electrons. The molecule has 0 aliphatic rings. The number of halogens is 1.